The van der Waals surface area contributed by atoms with Crippen LogP contribution in [-0.4, -0.2) is 63.1 Å². The molecule has 0 saturated heterocycles. The highest BCUT2D eigenvalue weighted by Crippen LogP contribution is 2.26. The number of ether oxygens (including phenoxy) is 1. The summed E-state index contributed by atoms with van der Waals surface area (Å²) in [6.07, 6.45) is -0.761. The van der Waals surface area contributed by atoms with Gasteiger partial charge in [0.1, 0.15) is 0 Å². The lowest BCUT2D eigenvalue weighted by atomic mass is 10.1. The van der Waals surface area contributed by atoms with Crippen LogP contribution in [0.25, 0.3) is 10.9 Å². The number of aliphatic carboxylic acids is 1. The van der Waals surface area contributed by atoms with Gasteiger partial charge in [-0.05, 0) is 24.6 Å². The number of benzene rings is 1. The van der Waals surface area contributed by atoms with Gasteiger partial charge in [0.15, 0.2) is 0 Å². The van der Waals surface area contributed by atoms with E-state index in [2.05, 4.69) is 10.1 Å². The molecule has 0 radical (unpaired) electrons. The molecule has 11 heteroatoms. The molecule has 32 heavy (non-hydrogen) atoms. The van der Waals surface area contributed by atoms with Crippen LogP contribution in [0.4, 0.5) is 13.2 Å². The van der Waals surface area contributed by atoms with Crippen LogP contribution in [0.15, 0.2) is 48.8 Å². The maximum Gasteiger partial charge on any atom is 0.490 e. The van der Waals surface area contributed by atoms with Crippen molar-refractivity contribution >= 4 is 22.8 Å². The summed E-state index contributed by atoms with van der Waals surface area (Å²) in [5.41, 5.74) is 2.59. The fourth-order valence-electron chi connectivity index (χ4n) is 3.46. The lowest BCUT2D eigenvalue weighted by Gasteiger charge is -2.34. The number of carbonyl (C=O) groups is 2. The van der Waals surface area contributed by atoms with Crippen molar-refractivity contribution < 1.29 is 32.6 Å². The predicted molar refractivity (Wildman–Crippen MR) is 108 cm³/mol. The van der Waals surface area contributed by atoms with Gasteiger partial charge in [0, 0.05) is 38.0 Å². The maximum absolute atomic E-state index is 13.2. The molecule has 0 saturated carbocycles. The zero-order valence-electron chi connectivity index (χ0n) is 17.1. The Morgan fingerprint density at radius 1 is 1.19 bits per heavy atom. The fourth-order valence-corrected chi connectivity index (χ4v) is 3.46. The number of para-hydroxylation sites is 1. The number of carboxylic acids is 1. The molecule has 0 spiro atoms. The molecule has 3 heterocycles. The summed E-state index contributed by atoms with van der Waals surface area (Å²) in [5.74, 6) is -2.72. The molecule has 8 nitrogen and oxygen atoms in total. The van der Waals surface area contributed by atoms with E-state index in [4.69, 9.17) is 14.6 Å². The number of pyridine rings is 1. The standard InChI is InChI=1S/C19H20N4O2.C2HF3O2/c1-25-11-8-15-13-22(12-14-6-10-21-23(14)15)19(24)17-7-9-20-18-5-3-2-4-16(17)18;3-2(4,5)1(6)7/h2-7,9-10,15H,8,11-13H2,1H3;(H,6,7). The summed E-state index contributed by atoms with van der Waals surface area (Å²) >= 11 is 0. The average molecular weight is 450 g/mol. The van der Waals surface area contributed by atoms with E-state index in [9.17, 15) is 18.0 Å². The predicted octanol–water partition coefficient (Wildman–Crippen LogP) is 3.30. The van der Waals surface area contributed by atoms with E-state index in [1.165, 1.54) is 0 Å². The lowest BCUT2D eigenvalue weighted by molar-refractivity contribution is -0.192. The number of carbonyl (C=O) groups excluding carboxylic acids is 1. The summed E-state index contributed by atoms with van der Waals surface area (Å²) in [6.45, 7) is 1.84. The fraction of sp³-hybridized carbons (Fsp3) is 0.333. The molecule has 2 aromatic heterocycles. The van der Waals surface area contributed by atoms with Crippen molar-refractivity contribution in [2.24, 2.45) is 0 Å². The monoisotopic (exact) mass is 450 g/mol. The van der Waals surface area contributed by atoms with Crippen molar-refractivity contribution in [3.8, 4) is 0 Å². The van der Waals surface area contributed by atoms with Gasteiger partial charge >= 0.3 is 12.1 Å². The first-order valence-corrected chi connectivity index (χ1v) is 9.67. The van der Waals surface area contributed by atoms with Crippen LogP contribution in [-0.2, 0) is 16.1 Å². The molecule has 1 amide bonds. The zero-order chi connectivity index (χ0) is 23.3. The highest BCUT2D eigenvalue weighted by Gasteiger charge is 2.38. The molecule has 1 atom stereocenters. The van der Waals surface area contributed by atoms with Crippen LogP contribution < -0.4 is 0 Å². The Morgan fingerprint density at radius 3 is 2.59 bits per heavy atom. The highest BCUT2D eigenvalue weighted by atomic mass is 19.4. The Labute approximate surface area is 181 Å². The second-order valence-corrected chi connectivity index (χ2v) is 7.07. The maximum atomic E-state index is 13.2. The number of aromatic nitrogens is 3. The number of amides is 1. The van der Waals surface area contributed by atoms with Crippen molar-refractivity contribution in [1.29, 1.82) is 0 Å². The van der Waals surface area contributed by atoms with Gasteiger partial charge in [-0.2, -0.15) is 18.3 Å². The van der Waals surface area contributed by atoms with E-state index >= 15 is 0 Å². The van der Waals surface area contributed by atoms with Crippen LogP contribution in [0, 0.1) is 0 Å². The normalized spacial score (nSPS) is 15.6. The van der Waals surface area contributed by atoms with Gasteiger partial charge in [-0.1, -0.05) is 18.2 Å². The van der Waals surface area contributed by atoms with Crippen molar-refractivity contribution in [1.82, 2.24) is 19.7 Å². The van der Waals surface area contributed by atoms with Crippen molar-refractivity contribution in [3.05, 3.63) is 60.0 Å². The third-order valence-corrected chi connectivity index (χ3v) is 4.95. The number of halogens is 3. The Bertz CT molecular complexity index is 1090. The number of carboxylic acid groups (broad SMARTS) is 1. The molecule has 1 N–H and O–H groups in total. The molecule has 1 aliphatic heterocycles. The van der Waals surface area contributed by atoms with Gasteiger partial charge in [0.2, 0.25) is 0 Å². The quantitative estimate of drug-likeness (QED) is 0.655. The number of nitrogens with zero attached hydrogens (tertiary/aromatic N) is 4. The summed E-state index contributed by atoms with van der Waals surface area (Å²) in [7, 11) is 1.69. The second kappa shape index (κ2) is 9.77. The molecule has 1 aliphatic rings. The van der Waals surface area contributed by atoms with Gasteiger partial charge in [-0.3, -0.25) is 14.5 Å². The number of rotatable bonds is 4. The van der Waals surface area contributed by atoms with Crippen LogP contribution in [0.2, 0.25) is 0 Å². The van der Waals surface area contributed by atoms with Crippen LogP contribution in [0.3, 0.4) is 0 Å². The average Bonchev–Trinajstić information content (AvgIpc) is 3.25. The Hall–Kier alpha value is -3.47. The van der Waals surface area contributed by atoms with Gasteiger partial charge in [-0.25, -0.2) is 4.79 Å². The summed E-state index contributed by atoms with van der Waals surface area (Å²) < 4.78 is 39.0. The van der Waals surface area contributed by atoms with Crippen LogP contribution in [0.5, 0.6) is 0 Å². The molecule has 4 rings (SSSR count). The lowest BCUT2D eigenvalue weighted by Crippen LogP contribution is -2.41. The minimum absolute atomic E-state index is 0.0356. The number of hydrogen-bond donors (Lipinski definition) is 1. The number of hydrogen-bond acceptors (Lipinski definition) is 5. The zero-order valence-corrected chi connectivity index (χ0v) is 17.1. The molecule has 0 fully saturated rings. The highest BCUT2D eigenvalue weighted by molar-refractivity contribution is 6.06. The Kier molecular flexibility index (Phi) is 7.08. The molecule has 0 bridgehead atoms. The summed E-state index contributed by atoms with van der Waals surface area (Å²) in [6, 6.07) is 11.7. The SMILES string of the molecule is COCCC1CN(C(=O)c2ccnc3ccccc23)Cc2ccnn21.O=C(O)C(F)(F)F. The van der Waals surface area contributed by atoms with Gasteiger partial charge in [-0.15, -0.1) is 0 Å². The molecular weight excluding hydrogens is 429 g/mol. The molecular formula is C21H21F3N4O4. The van der Waals surface area contributed by atoms with E-state index < -0.39 is 12.1 Å². The molecule has 1 unspecified atom stereocenters. The largest absolute Gasteiger partial charge is 0.490 e. The number of methoxy groups -OCH3 is 1. The van der Waals surface area contributed by atoms with Crippen LogP contribution >= 0.6 is 0 Å². The van der Waals surface area contributed by atoms with E-state index in [0.29, 0.717) is 25.3 Å². The van der Waals surface area contributed by atoms with Crippen molar-refractivity contribution in [3.63, 3.8) is 0 Å². The smallest absolute Gasteiger partial charge is 0.475 e. The van der Waals surface area contributed by atoms with E-state index in [-0.39, 0.29) is 11.9 Å². The summed E-state index contributed by atoms with van der Waals surface area (Å²) in [4.78, 5) is 28.4. The summed E-state index contributed by atoms with van der Waals surface area (Å²) in [5, 5.41) is 12.4. The van der Waals surface area contributed by atoms with Gasteiger partial charge in [0.25, 0.3) is 5.91 Å². The Morgan fingerprint density at radius 2 is 1.91 bits per heavy atom. The first-order valence-electron chi connectivity index (χ1n) is 9.67. The third-order valence-electron chi connectivity index (χ3n) is 4.95. The van der Waals surface area contributed by atoms with Crippen LogP contribution in [0.1, 0.15) is 28.5 Å². The topological polar surface area (TPSA) is 97.5 Å². The minimum Gasteiger partial charge on any atom is -0.475 e. The molecule has 0 aliphatic carbocycles. The van der Waals surface area contributed by atoms with Gasteiger partial charge in [0.05, 0.1) is 29.4 Å². The van der Waals surface area contributed by atoms with E-state index in [1.807, 2.05) is 39.9 Å². The van der Waals surface area contributed by atoms with E-state index in [0.717, 1.165) is 23.0 Å². The van der Waals surface area contributed by atoms with Crippen molar-refractivity contribution in [2.45, 2.75) is 25.2 Å². The number of alkyl halides is 3. The molecule has 3 aromatic rings. The third kappa shape index (κ3) is 5.22. The Balaban J connectivity index is 0.000000360. The minimum atomic E-state index is -5.08. The van der Waals surface area contributed by atoms with Gasteiger partial charge < -0.3 is 14.7 Å². The molecule has 170 valence electrons. The number of fused-ring (bicyclic) bond motifs is 2. The second-order valence-electron chi connectivity index (χ2n) is 7.07. The first-order chi connectivity index (χ1) is 15.2. The van der Waals surface area contributed by atoms with E-state index in [1.54, 1.807) is 25.6 Å². The first kappa shape index (κ1) is 23.2. The molecule has 1 aromatic carbocycles. The van der Waals surface area contributed by atoms with Crippen molar-refractivity contribution in [2.75, 3.05) is 20.3 Å².